The van der Waals surface area contributed by atoms with Crippen LogP contribution in [0.2, 0.25) is 0 Å². The average Bonchev–Trinajstić information content (AvgIpc) is 2.05. The quantitative estimate of drug-likeness (QED) is 0.414. The topological polar surface area (TPSA) is 56.3 Å². The molecule has 0 fully saturated rings. The molecule has 1 rings (SSSR count). The number of hydrogen-bond donors (Lipinski definition) is 0. The lowest BCUT2D eigenvalue weighted by atomic mass is 10.3. The molecule has 62 valence electrons. The second-order valence-corrected chi connectivity index (χ2v) is 1.72. The monoisotopic (exact) mass is 202 g/mol. The normalized spacial score (nSPS) is 6.50. The van der Waals surface area contributed by atoms with Crippen molar-refractivity contribution in [2.24, 2.45) is 0 Å². The average molecular weight is 203 g/mol. The summed E-state index contributed by atoms with van der Waals surface area (Å²) < 4.78 is 0. The van der Waals surface area contributed by atoms with Crippen molar-refractivity contribution < 1.29 is 24.8 Å². The van der Waals surface area contributed by atoms with Crippen LogP contribution in [0.3, 0.4) is 0 Å². The first kappa shape index (κ1) is 13.2. The minimum absolute atomic E-state index is 0. The van der Waals surface area contributed by atoms with Gasteiger partial charge in [-0.15, -0.1) is 0 Å². The van der Waals surface area contributed by atoms with Crippen LogP contribution in [0, 0.1) is 10.8 Å². The van der Waals surface area contributed by atoms with Crippen molar-refractivity contribution in [2.45, 2.75) is 0 Å². The standard InChI is InChI=1S/C6H4N4.2ClH/c7-9-5-2-1-3-6(4-5)10-8;;/h1-4H;2*1H/q+2;;/p-2. The Kier molecular flexibility index (Phi) is 7.02. The van der Waals surface area contributed by atoms with E-state index in [4.69, 9.17) is 10.8 Å². The molecule has 1 aromatic carbocycles. The van der Waals surface area contributed by atoms with Crippen LogP contribution in [0.1, 0.15) is 0 Å². The van der Waals surface area contributed by atoms with Gasteiger partial charge in [-0.1, -0.05) is 0 Å². The Morgan fingerprint density at radius 1 is 0.917 bits per heavy atom. The molecule has 0 aliphatic carbocycles. The largest absolute Gasteiger partial charge is 1.00 e. The highest BCUT2D eigenvalue weighted by molar-refractivity contribution is 5.56. The van der Waals surface area contributed by atoms with E-state index < -0.39 is 0 Å². The van der Waals surface area contributed by atoms with E-state index in [1.807, 2.05) is 0 Å². The highest BCUT2D eigenvalue weighted by Crippen LogP contribution is 2.19. The van der Waals surface area contributed by atoms with E-state index in [9.17, 15) is 0 Å². The maximum Gasteiger partial charge on any atom is 0.393 e. The number of halogens is 2. The van der Waals surface area contributed by atoms with Gasteiger partial charge in [0.1, 0.15) is 6.07 Å². The Morgan fingerprint density at radius 2 is 1.33 bits per heavy atom. The molecule has 0 bridgehead atoms. The second-order valence-electron chi connectivity index (χ2n) is 1.72. The Morgan fingerprint density at radius 3 is 1.67 bits per heavy atom. The number of diazo groups is 2. The molecular formula is C6H4Cl2N4. The molecule has 0 saturated heterocycles. The number of rotatable bonds is 0. The van der Waals surface area contributed by atoms with Crippen molar-refractivity contribution in [1.82, 2.24) is 0 Å². The SMILES string of the molecule is N#[N+]c1cccc([N+]#N)c1.[Cl-].[Cl-]. The summed E-state index contributed by atoms with van der Waals surface area (Å²) in [5, 5.41) is 16.5. The van der Waals surface area contributed by atoms with Crippen molar-refractivity contribution in [3.63, 3.8) is 0 Å². The summed E-state index contributed by atoms with van der Waals surface area (Å²) >= 11 is 0. The van der Waals surface area contributed by atoms with Gasteiger partial charge in [0.2, 0.25) is 10.8 Å². The lowest BCUT2D eigenvalue weighted by Gasteiger charge is -1.68. The molecule has 0 aromatic heterocycles. The predicted octanol–water partition coefficient (Wildman–Crippen LogP) is -3.34. The number of benzene rings is 1. The highest BCUT2D eigenvalue weighted by Gasteiger charge is 2.11. The van der Waals surface area contributed by atoms with Crippen molar-refractivity contribution in [1.29, 1.82) is 10.8 Å². The van der Waals surface area contributed by atoms with Crippen LogP contribution in [-0.4, -0.2) is 0 Å². The molecule has 6 heteroatoms. The smallest absolute Gasteiger partial charge is 0.393 e. The van der Waals surface area contributed by atoms with Crippen molar-refractivity contribution in [3.8, 4) is 0 Å². The van der Waals surface area contributed by atoms with Crippen molar-refractivity contribution >= 4 is 11.4 Å². The van der Waals surface area contributed by atoms with Crippen molar-refractivity contribution in [2.75, 3.05) is 0 Å². The Labute approximate surface area is 81.7 Å². The molecule has 12 heavy (non-hydrogen) atoms. The van der Waals surface area contributed by atoms with E-state index in [1.54, 1.807) is 18.2 Å². The van der Waals surface area contributed by atoms with Gasteiger partial charge in [0.15, 0.2) is 9.95 Å². The number of nitrogens with zero attached hydrogens (tertiary/aromatic N) is 4. The Balaban J connectivity index is 0. The summed E-state index contributed by atoms with van der Waals surface area (Å²) in [5.74, 6) is 0. The molecule has 0 spiro atoms. The third-order valence-electron chi connectivity index (χ3n) is 1.06. The predicted molar refractivity (Wildman–Crippen MR) is 35.9 cm³/mol. The first-order chi connectivity index (χ1) is 4.86. The van der Waals surface area contributed by atoms with Gasteiger partial charge in [-0.3, -0.25) is 0 Å². The highest BCUT2D eigenvalue weighted by atomic mass is 35.5. The zero-order valence-electron chi connectivity index (χ0n) is 5.85. The van der Waals surface area contributed by atoms with Crippen LogP contribution in [-0.2, 0) is 0 Å². The van der Waals surface area contributed by atoms with E-state index in [1.165, 1.54) is 6.07 Å². The van der Waals surface area contributed by atoms with Crippen LogP contribution in [0.5, 0.6) is 0 Å². The molecule has 0 N–H and O–H groups in total. The van der Waals surface area contributed by atoms with Crippen molar-refractivity contribution in [3.05, 3.63) is 34.2 Å². The van der Waals surface area contributed by atoms with E-state index in [2.05, 4.69) is 9.95 Å². The molecule has 0 heterocycles. The Bertz CT molecular complexity index is 296. The molecule has 0 amide bonds. The maximum absolute atomic E-state index is 8.26. The Hall–Kier alpha value is -1.36. The van der Waals surface area contributed by atoms with E-state index in [0.29, 0.717) is 11.4 Å². The fourth-order valence-electron chi connectivity index (χ4n) is 0.617. The fourth-order valence-corrected chi connectivity index (χ4v) is 0.617. The van der Waals surface area contributed by atoms with Gasteiger partial charge in [-0.25, -0.2) is 0 Å². The van der Waals surface area contributed by atoms with Gasteiger partial charge in [0.05, 0.1) is 0 Å². The molecule has 0 saturated carbocycles. The van der Waals surface area contributed by atoms with Gasteiger partial charge in [0, 0.05) is 12.1 Å². The zero-order chi connectivity index (χ0) is 7.40. The molecule has 1 aromatic rings. The number of hydrogen-bond acceptors (Lipinski definition) is 2. The molecule has 0 aliphatic rings. The fraction of sp³-hybridized carbons (Fsp3) is 0. The first-order valence-corrected chi connectivity index (χ1v) is 2.67. The summed E-state index contributed by atoms with van der Waals surface area (Å²) in [6, 6.07) is 6.26. The van der Waals surface area contributed by atoms with Gasteiger partial charge in [-0.2, -0.15) is 0 Å². The lowest BCUT2D eigenvalue weighted by molar-refractivity contribution is -0.00100. The van der Waals surface area contributed by atoms with E-state index in [0.717, 1.165) is 0 Å². The van der Waals surface area contributed by atoms with Crippen LogP contribution in [0.25, 0.3) is 9.95 Å². The molecule has 4 nitrogen and oxygen atoms in total. The minimum Gasteiger partial charge on any atom is -1.00 e. The maximum atomic E-state index is 8.26. The summed E-state index contributed by atoms with van der Waals surface area (Å²) in [5.41, 5.74) is 0.741. The van der Waals surface area contributed by atoms with Gasteiger partial charge >= 0.3 is 11.4 Å². The van der Waals surface area contributed by atoms with Gasteiger partial charge in [0.25, 0.3) is 0 Å². The second kappa shape index (κ2) is 6.36. The summed E-state index contributed by atoms with van der Waals surface area (Å²) in [6.45, 7) is 0. The summed E-state index contributed by atoms with van der Waals surface area (Å²) in [6.07, 6.45) is 0. The van der Waals surface area contributed by atoms with Crippen LogP contribution >= 0.6 is 0 Å². The zero-order valence-corrected chi connectivity index (χ0v) is 7.37. The molecule has 0 atom stereocenters. The first-order valence-electron chi connectivity index (χ1n) is 2.67. The third kappa shape index (κ3) is 3.16. The van der Waals surface area contributed by atoms with Crippen LogP contribution in [0.4, 0.5) is 11.4 Å². The molecule has 0 radical (unpaired) electrons. The van der Waals surface area contributed by atoms with E-state index >= 15 is 0 Å². The van der Waals surface area contributed by atoms with Gasteiger partial charge < -0.3 is 24.8 Å². The third-order valence-corrected chi connectivity index (χ3v) is 1.06. The van der Waals surface area contributed by atoms with Crippen LogP contribution in [0.15, 0.2) is 24.3 Å². The lowest BCUT2D eigenvalue weighted by Crippen LogP contribution is -3.00. The molecular weight excluding hydrogens is 199 g/mol. The van der Waals surface area contributed by atoms with E-state index in [-0.39, 0.29) is 24.8 Å². The summed E-state index contributed by atoms with van der Waals surface area (Å²) in [7, 11) is 0. The minimum atomic E-state index is 0. The molecule has 0 aliphatic heterocycles. The summed E-state index contributed by atoms with van der Waals surface area (Å²) in [4.78, 5) is 5.82. The molecule has 0 unspecified atom stereocenters. The van der Waals surface area contributed by atoms with Gasteiger partial charge in [-0.05, 0) is 6.07 Å². The van der Waals surface area contributed by atoms with Crippen LogP contribution < -0.4 is 24.8 Å².